The molecule has 0 radical (unpaired) electrons. The van der Waals surface area contributed by atoms with Crippen LogP contribution in [0.5, 0.6) is 0 Å². The van der Waals surface area contributed by atoms with E-state index in [2.05, 4.69) is 10.5 Å². The van der Waals surface area contributed by atoms with Crippen LogP contribution in [0.25, 0.3) is 5.69 Å². The third-order valence-electron chi connectivity index (χ3n) is 2.60. The Hall–Kier alpha value is -2.18. The summed E-state index contributed by atoms with van der Waals surface area (Å²) >= 11 is 0. The summed E-state index contributed by atoms with van der Waals surface area (Å²) in [4.78, 5) is 19.8. The Morgan fingerprint density at radius 3 is 2.84 bits per heavy atom. The molecule has 100 valence electrons. The number of nitrogens with two attached hydrogens (primary N) is 1. The molecule has 2 aromatic rings. The van der Waals surface area contributed by atoms with Crippen LogP contribution in [-0.2, 0) is 16.2 Å². The van der Waals surface area contributed by atoms with Crippen LogP contribution < -0.4 is 11.2 Å². The lowest BCUT2D eigenvalue weighted by Gasteiger charge is -2.10. The highest BCUT2D eigenvalue weighted by Crippen LogP contribution is 2.14. The summed E-state index contributed by atoms with van der Waals surface area (Å²) in [6.07, 6.45) is 1.77. The molecule has 0 bridgehead atoms. The second-order valence-electron chi connectivity index (χ2n) is 4.04. The van der Waals surface area contributed by atoms with E-state index < -0.39 is 5.91 Å². The lowest BCUT2D eigenvalue weighted by Crippen LogP contribution is -2.25. The highest BCUT2D eigenvalue weighted by Gasteiger charge is 2.08. The van der Waals surface area contributed by atoms with E-state index in [-0.39, 0.29) is 6.61 Å². The monoisotopic (exact) mass is 260 g/mol. The Morgan fingerprint density at radius 1 is 1.42 bits per heavy atom. The number of imidazole rings is 1. The normalized spacial score (nSPS) is 10.6. The van der Waals surface area contributed by atoms with Crippen molar-refractivity contribution in [2.45, 2.75) is 13.5 Å². The van der Waals surface area contributed by atoms with Crippen molar-refractivity contribution >= 4 is 5.91 Å². The summed E-state index contributed by atoms with van der Waals surface area (Å²) < 4.78 is 2.01. The van der Waals surface area contributed by atoms with Crippen molar-refractivity contribution < 1.29 is 9.63 Å². The van der Waals surface area contributed by atoms with Crippen molar-refractivity contribution in [2.75, 3.05) is 6.61 Å². The van der Waals surface area contributed by atoms with Crippen molar-refractivity contribution in [1.82, 2.24) is 15.0 Å². The van der Waals surface area contributed by atoms with E-state index in [4.69, 9.17) is 10.6 Å². The molecule has 0 atom stereocenters. The fourth-order valence-electron chi connectivity index (χ4n) is 1.79. The van der Waals surface area contributed by atoms with Crippen LogP contribution in [0.2, 0.25) is 0 Å². The largest absolute Gasteiger partial charge is 0.368 e. The van der Waals surface area contributed by atoms with Gasteiger partial charge in [0.2, 0.25) is 5.91 Å². The molecule has 0 aliphatic heterocycles. The van der Waals surface area contributed by atoms with Crippen molar-refractivity contribution in [3.05, 3.63) is 48.0 Å². The summed E-state index contributed by atoms with van der Waals surface area (Å²) in [6, 6.07) is 9.90. The number of para-hydroxylation sites is 1. The number of aromatic nitrogens is 2. The first kappa shape index (κ1) is 13.3. The number of hydrogen-bond acceptors (Lipinski definition) is 4. The average Bonchev–Trinajstić information content (AvgIpc) is 2.77. The summed E-state index contributed by atoms with van der Waals surface area (Å²) in [7, 11) is 0. The first-order chi connectivity index (χ1) is 9.18. The van der Waals surface area contributed by atoms with E-state index in [1.54, 1.807) is 6.20 Å². The third kappa shape index (κ3) is 3.40. The van der Waals surface area contributed by atoms with Gasteiger partial charge in [-0.15, -0.1) is 0 Å². The quantitative estimate of drug-likeness (QED) is 0.591. The summed E-state index contributed by atoms with van der Waals surface area (Å²) in [6.45, 7) is 2.21. The number of hydroxylamine groups is 1. The molecule has 2 rings (SSSR count). The Morgan fingerprint density at radius 2 is 2.16 bits per heavy atom. The van der Waals surface area contributed by atoms with Gasteiger partial charge in [-0.1, -0.05) is 18.2 Å². The van der Waals surface area contributed by atoms with Crippen LogP contribution in [0.15, 0.2) is 36.5 Å². The van der Waals surface area contributed by atoms with Gasteiger partial charge in [0, 0.05) is 5.69 Å². The SMILES string of the molecule is Cc1ncc(CNOCC(N)=O)n1-c1ccccc1. The van der Waals surface area contributed by atoms with Crippen LogP contribution in [0.1, 0.15) is 11.5 Å². The van der Waals surface area contributed by atoms with Crippen LogP contribution >= 0.6 is 0 Å². The van der Waals surface area contributed by atoms with Gasteiger partial charge in [0.1, 0.15) is 12.4 Å². The predicted octanol–water partition coefficient (Wildman–Crippen LogP) is 0.687. The maximum atomic E-state index is 10.5. The van der Waals surface area contributed by atoms with Crippen molar-refractivity contribution in [2.24, 2.45) is 5.73 Å². The minimum Gasteiger partial charge on any atom is -0.368 e. The van der Waals surface area contributed by atoms with Gasteiger partial charge in [0.15, 0.2) is 0 Å². The molecule has 0 fully saturated rings. The molecule has 0 aliphatic carbocycles. The fraction of sp³-hybridized carbons (Fsp3) is 0.231. The molecular formula is C13H16N4O2. The number of nitrogens with zero attached hydrogens (tertiary/aromatic N) is 2. The van der Waals surface area contributed by atoms with Gasteiger partial charge in [0.05, 0.1) is 18.4 Å². The molecule has 3 N–H and O–H groups in total. The Labute approximate surface area is 111 Å². The number of carbonyl (C=O) groups excluding carboxylic acids is 1. The van der Waals surface area contributed by atoms with E-state index in [0.29, 0.717) is 6.54 Å². The number of primary amides is 1. The van der Waals surface area contributed by atoms with Gasteiger partial charge in [-0.05, 0) is 19.1 Å². The van der Waals surface area contributed by atoms with Gasteiger partial charge in [-0.2, -0.15) is 5.48 Å². The first-order valence-corrected chi connectivity index (χ1v) is 5.90. The van der Waals surface area contributed by atoms with E-state index in [1.807, 2.05) is 41.8 Å². The smallest absolute Gasteiger partial charge is 0.245 e. The average molecular weight is 260 g/mol. The topological polar surface area (TPSA) is 82.2 Å². The molecule has 1 heterocycles. The zero-order valence-electron chi connectivity index (χ0n) is 10.7. The number of nitrogens with one attached hydrogen (secondary N) is 1. The van der Waals surface area contributed by atoms with Gasteiger partial charge in [-0.3, -0.25) is 14.2 Å². The predicted molar refractivity (Wildman–Crippen MR) is 70.3 cm³/mol. The highest BCUT2D eigenvalue weighted by molar-refractivity contribution is 5.74. The highest BCUT2D eigenvalue weighted by atomic mass is 16.6. The van der Waals surface area contributed by atoms with Gasteiger partial charge in [-0.25, -0.2) is 4.98 Å². The van der Waals surface area contributed by atoms with Crippen LogP contribution in [0.3, 0.4) is 0 Å². The molecule has 0 spiro atoms. The summed E-state index contributed by atoms with van der Waals surface area (Å²) in [5, 5.41) is 0. The third-order valence-corrected chi connectivity index (χ3v) is 2.60. The molecule has 1 amide bonds. The van der Waals surface area contributed by atoms with E-state index >= 15 is 0 Å². The van der Waals surface area contributed by atoms with Gasteiger partial charge < -0.3 is 5.73 Å². The molecule has 1 aromatic carbocycles. The molecule has 6 nitrogen and oxygen atoms in total. The number of amides is 1. The van der Waals surface area contributed by atoms with Crippen molar-refractivity contribution in [3.8, 4) is 5.69 Å². The van der Waals surface area contributed by atoms with Crippen molar-refractivity contribution in [3.63, 3.8) is 0 Å². The van der Waals surface area contributed by atoms with Crippen LogP contribution in [-0.4, -0.2) is 22.1 Å². The second kappa shape index (κ2) is 6.12. The lowest BCUT2D eigenvalue weighted by molar-refractivity contribution is -0.125. The minimum absolute atomic E-state index is 0.154. The van der Waals surface area contributed by atoms with Gasteiger partial charge in [0.25, 0.3) is 0 Å². The van der Waals surface area contributed by atoms with Crippen LogP contribution in [0.4, 0.5) is 0 Å². The number of hydrogen-bond donors (Lipinski definition) is 2. The van der Waals surface area contributed by atoms with Crippen molar-refractivity contribution in [1.29, 1.82) is 0 Å². The standard InChI is InChI=1S/C13H16N4O2/c1-10-15-7-12(8-16-19-9-13(14)18)17(10)11-5-3-2-4-6-11/h2-7,16H,8-9H2,1H3,(H2,14,18). The van der Waals surface area contributed by atoms with E-state index in [0.717, 1.165) is 17.2 Å². The minimum atomic E-state index is -0.514. The Bertz CT molecular complexity index is 551. The van der Waals surface area contributed by atoms with Crippen LogP contribution in [0, 0.1) is 6.92 Å². The summed E-state index contributed by atoms with van der Waals surface area (Å²) in [5.41, 5.74) is 9.64. The molecule has 0 saturated heterocycles. The fourth-order valence-corrected chi connectivity index (χ4v) is 1.79. The molecule has 6 heteroatoms. The molecule has 1 aromatic heterocycles. The number of aryl methyl sites for hydroxylation is 1. The zero-order chi connectivity index (χ0) is 13.7. The molecule has 0 saturated carbocycles. The molecule has 0 aliphatic rings. The number of rotatable bonds is 6. The number of carbonyl (C=O) groups is 1. The Kier molecular flexibility index (Phi) is 4.27. The van der Waals surface area contributed by atoms with E-state index in [1.165, 1.54) is 0 Å². The molecule has 19 heavy (non-hydrogen) atoms. The second-order valence-corrected chi connectivity index (χ2v) is 4.04. The first-order valence-electron chi connectivity index (χ1n) is 5.90. The molecule has 0 unspecified atom stereocenters. The maximum Gasteiger partial charge on any atom is 0.245 e. The molecular weight excluding hydrogens is 244 g/mol. The maximum absolute atomic E-state index is 10.5. The van der Waals surface area contributed by atoms with E-state index in [9.17, 15) is 4.79 Å². The zero-order valence-corrected chi connectivity index (χ0v) is 10.7. The van der Waals surface area contributed by atoms with Gasteiger partial charge >= 0.3 is 0 Å². The Balaban J connectivity index is 2.08. The summed E-state index contributed by atoms with van der Waals surface area (Å²) in [5.74, 6) is 0.373. The lowest BCUT2D eigenvalue weighted by atomic mass is 10.3. The number of benzene rings is 1.